The second-order valence-electron chi connectivity index (χ2n) is 4.84. The fraction of sp³-hybridized carbons (Fsp3) is 0.353. The standard InChI is InChI=1S/C17H23N3/c1-4-18-13-15-11-14(3)19-17(12-15)20(5-2)16-9-7-6-8-10-16/h6-12,18H,4-5,13H2,1-3H3. The normalized spacial score (nSPS) is 10.6. The molecule has 1 aromatic carbocycles. The number of nitrogens with zero attached hydrogens (tertiary/aromatic N) is 2. The first-order valence-corrected chi connectivity index (χ1v) is 7.25. The molecule has 0 radical (unpaired) electrons. The zero-order valence-corrected chi connectivity index (χ0v) is 12.6. The van der Waals surface area contributed by atoms with Crippen LogP contribution >= 0.6 is 0 Å². The number of nitrogens with one attached hydrogen (secondary N) is 1. The van der Waals surface area contributed by atoms with Crippen molar-refractivity contribution in [3.63, 3.8) is 0 Å². The highest BCUT2D eigenvalue weighted by molar-refractivity contribution is 5.60. The van der Waals surface area contributed by atoms with Gasteiger partial charge in [0.2, 0.25) is 0 Å². The fourth-order valence-electron chi connectivity index (χ4n) is 2.32. The van der Waals surface area contributed by atoms with Crippen molar-refractivity contribution in [3.8, 4) is 0 Å². The van der Waals surface area contributed by atoms with Crippen LogP contribution in [0.5, 0.6) is 0 Å². The monoisotopic (exact) mass is 269 g/mol. The number of pyridine rings is 1. The minimum atomic E-state index is 0.888. The summed E-state index contributed by atoms with van der Waals surface area (Å²) < 4.78 is 0. The first-order chi connectivity index (χ1) is 9.74. The summed E-state index contributed by atoms with van der Waals surface area (Å²) in [6.07, 6.45) is 0. The van der Waals surface area contributed by atoms with E-state index in [2.05, 4.69) is 72.4 Å². The SMILES string of the molecule is CCNCc1cc(C)nc(N(CC)c2ccccc2)c1. The Morgan fingerprint density at radius 3 is 2.50 bits per heavy atom. The lowest BCUT2D eigenvalue weighted by Crippen LogP contribution is -2.19. The molecule has 0 amide bonds. The zero-order valence-electron chi connectivity index (χ0n) is 12.6. The van der Waals surface area contributed by atoms with E-state index in [1.165, 1.54) is 11.3 Å². The molecule has 3 nitrogen and oxygen atoms in total. The van der Waals surface area contributed by atoms with Crippen LogP contribution in [0.1, 0.15) is 25.1 Å². The molecule has 0 fully saturated rings. The topological polar surface area (TPSA) is 28.2 Å². The third-order valence-corrected chi connectivity index (χ3v) is 3.24. The molecule has 2 rings (SSSR count). The molecule has 3 heteroatoms. The van der Waals surface area contributed by atoms with Gasteiger partial charge in [-0.25, -0.2) is 4.98 Å². The highest BCUT2D eigenvalue weighted by atomic mass is 15.2. The molecule has 106 valence electrons. The number of benzene rings is 1. The van der Waals surface area contributed by atoms with Crippen LogP contribution in [-0.4, -0.2) is 18.1 Å². The van der Waals surface area contributed by atoms with Crippen LogP contribution in [0.2, 0.25) is 0 Å². The molecule has 0 aliphatic carbocycles. The molecule has 0 spiro atoms. The molecule has 2 aromatic rings. The average molecular weight is 269 g/mol. The van der Waals surface area contributed by atoms with Gasteiger partial charge in [0, 0.05) is 24.5 Å². The Labute approximate surface area is 121 Å². The van der Waals surface area contributed by atoms with Crippen LogP contribution in [0.25, 0.3) is 0 Å². The Balaban J connectivity index is 2.32. The molecule has 20 heavy (non-hydrogen) atoms. The van der Waals surface area contributed by atoms with Gasteiger partial charge in [-0.15, -0.1) is 0 Å². The second kappa shape index (κ2) is 7.06. The van der Waals surface area contributed by atoms with Crippen molar-refractivity contribution in [1.29, 1.82) is 0 Å². The second-order valence-corrected chi connectivity index (χ2v) is 4.84. The summed E-state index contributed by atoms with van der Waals surface area (Å²) in [4.78, 5) is 6.93. The largest absolute Gasteiger partial charge is 0.327 e. The molecule has 1 aromatic heterocycles. The van der Waals surface area contributed by atoms with Gasteiger partial charge in [-0.3, -0.25) is 0 Å². The maximum absolute atomic E-state index is 4.69. The number of hydrogen-bond acceptors (Lipinski definition) is 3. The number of rotatable bonds is 6. The number of aryl methyl sites for hydroxylation is 1. The maximum Gasteiger partial charge on any atom is 0.133 e. The minimum absolute atomic E-state index is 0.888. The van der Waals surface area contributed by atoms with Crippen molar-refractivity contribution in [3.05, 3.63) is 53.7 Å². The molecule has 0 aliphatic rings. The van der Waals surface area contributed by atoms with Gasteiger partial charge in [0.25, 0.3) is 0 Å². The summed E-state index contributed by atoms with van der Waals surface area (Å²) in [6.45, 7) is 9.10. The van der Waals surface area contributed by atoms with Crippen molar-refractivity contribution in [2.75, 3.05) is 18.0 Å². The molecule has 0 saturated heterocycles. The predicted octanol–water partition coefficient (Wildman–Crippen LogP) is 3.66. The van der Waals surface area contributed by atoms with Crippen LogP contribution in [0.15, 0.2) is 42.5 Å². The van der Waals surface area contributed by atoms with Crippen LogP contribution in [0.4, 0.5) is 11.5 Å². The van der Waals surface area contributed by atoms with Gasteiger partial charge < -0.3 is 10.2 Å². The van der Waals surface area contributed by atoms with Gasteiger partial charge in [0.05, 0.1) is 0 Å². The summed E-state index contributed by atoms with van der Waals surface area (Å²) in [5.41, 5.74) is 3.52. The molecule has 0 atom stereocenters. The fourth-order valence-corrected chi connectivity index (χ4v) is 2.32. The highest BCUT2D eigenvalue weighted by Crippen LogP contribution is 2.24. The number of aromatic nitrogens is 1. The van der Waals surface area contributed by atoms with Gasteiger partial charge in [-0.2, -0.15) is 0 Å². The van der Waals surface area contributed by atoms with Crippen LogP contribution in [-0.2, 0) is 6.54 Å². The average Bonchev–Trinajstić information content (AvgIpc) is 2.46. The van der Waals surface area contributed by atoms with Gasteiger partial charge in [0.15, 0.2) is 0 Å². The van der Waals surface area contributed by atoms with Crippen LogP contribution in [0, 0.1) is 6.92 Å². The van der Waals surface area contributed by atoms with Crippen LogP contribution < -0.4 is 10.2 Å². The van der Waals surface area contributed by atoms with E-state index in [9.17, 15) is 0 Å². The summed E-state index contributed by atoms with van der Waals surface area (Å²) in [7, 11) is 0. The Morgan fingerprint density at radius 2 is 1.85 bits per heavy atom. The smallest absolute Gasteiger partial charge is 0.133 e. The Morgan fingerprint density at radius 1 is 1.10 bits per heavy atom. The Kier molecular flexibility index (Phi) is 5.13. The molecule has 0 aliphatic heterocycles. The lowest BCUT2D eigenvalue weighted by molar-refractivity contribution is 0.724. The Hall–Kier alpha value is -1.87. The Bertz CT molecular complexity index is 537. The minimum Gasteiger partial charge on any atom is -0.327 e. The van der Waals surface area contributed by atoms with E-state index >= 15 is 0 Å². The third kappa shape index (κ3) is 3.58. The first kappa shape index (κ1) is 14.5. The van der Waals surface area contributed by atoms with E-state index in [0.29, 0.717) is 0 Å². The van der Waals surface area contributed by atoms with Crippen molar-refractivity contribution in [2.45, 2.75) is 27.3 Å². The molecular formula is C17H23N3. The molecular weight excluding hydrogens is 246 g/mol. The third-order valence-electron chi connectivity index (χ3n) is 3.24. The lowest BCUT2D eigenvalue weighted by atomic mass is 10.2. The number of hydrogen-bond donors (Lipinski definition) is 1. The summed E-state index contributed by atoms with van der Waals surface area (Å²) in [6, 6.07) is 14.7. The van der Waals surface area contributed by atoms with Crippen molar-refractivity contribution in [2.24, 2.45) is 0 Å². The van der Waals surface area contributed by atoms with Crippen molar-refractivity contribution in [1.82, 2.24) is 10.3 Å². The predicted molar refractivity (Wildman–Crippen MR) is 85.5 cm³/mol. The molecule has 0 unspecified atom stereocenters. The van der Waals surface area contributed by atoms with Gasteiger partial charge in [-0.05, 0) is 50.2 Å². The van der Waals surface area contributed by atoms with E-state index in [0.717, 1.165) is 31.1 Å². The van der Waals surface area contributed by atoms with Crippen molar-refractivity contribution >= 4 is 11.5 Å². The zero-order chi connectivity index (χ0) is 14.4. The van der Waals surface area contributed by atoms with Gasteiger partial charge in [-0.1, -0.05) is 25.1 Å². The summed E-state index contributed by atoms with van der Waals surface area (Å²) >= 11 is 0. The van der Waals surface area contributed by atoms with Gasteiger partial charge >= 0.3 is 0 Å². The number of para-hydroxylation sites is 1. The summed E-state index contributed by atoms with van der Waals surface area (Å²) in [5.74, 6) is 1.02. The maximum atomic E-state index is 4.69. The molecule has 1 heterocycles. The van der Waals surface area contributed by atoms with Gasteiger partial charge in [0.1, 0.15) is 5.82 Å². The molecule has 0 bridgehead atoms. The number of anilines is 2. The van der Waals surface area contributed by atoms with E-state index in [-0.39, 0.29) is 0 Å². The molecule has 1 N–H and O–H groups in total. The van der Waals surface area contributed by atoms with E-state index < -0.39 is 0 Å². The quantitative estimate of drug-likeness (QED) is 0.867. The summed E-state index contributed by atoms with van der Waals surface area (Å²) in [5, 5.41) is 3.37. The molecule has 0 saturated carbocycles. The highest BCUT2D eigenvalue weighted by Gasteiger charge is 2.09. The lowest BCUT2D eigenvalue weighted by Gasteiger charge is -2.23. The van der Waals surface area contributed by atoms with E-state index in [1.807, 2.05) is 6.07 Å². The first-order valence-electron chi connectivity index (χ1n) is 7.25. The van der Waals surface area contributed by atoms with E-state index in [4.69, 9.17) is 0 Å². The van der Waals surface area contributed by atoms with E-state index in [1.54, 1.807) is 0 Å². The van der Waals surface area contributed by atoms with Crippen molar-refractivity contribution < 1.29 is 0 Å². The van der Waals surface area contributed by atoms with Crippen LogP contribution in [0.3, 0.4) is 0 Å².